The summed E-state index contributed by atoms with van der Waals surface area (Å²) < 4.78 is 16.9. The molecule has 0 bridgehead atoms. The summed E-state index contributed by atoms with van der Waals surface area (Å²) >= 11 is 0. The fraction of sp³-hybridized carbons (Fsp3) is 0.948. The van der Waals surface area contributed by atoms with Crippen LogP contribution in [0.25, 0.3) is 0 Å². The van der Waals surface area contributed by atoms with Crippen LogP contribution in [0.4, 0.5) is 0 Å². The highest BCUT2D eigenvalue weighted by Crippen LogP contribution is 2.18. The van der Waals surface area contributed by atoms with Crippen molar-refractivity contribution in [3.8, 4) is 0 Å². The first-order chi connectivity index (χ1) is 31.1. The van der Waals surface area contributed by atoms with E-state index in [-0.39, 0.29) is 31.1 Å². The van der Waals surface area contributed by atoms with Crippen LogP contribution in [0.5, 0.6) is 0 Å². The molecule has 0 saturated heterocycles. The summed E-state index contributed by atoms with van der Waals surface area (Å²) in [7, 11) is 0. The van der Waals surface area contributed by atoms with Gasteiger partial charge in [0.05, 0.1) is 0 Å². The van der Waals surface area contributed by atoms with Crippen molar-refractivity contribution in [1.29, 1.82) is 0 Å². The van der Waals surface area contributed by atoms with Gasteiger partial charge in [-0.2, -0.15) is 0 Å². The molecule has 0 aromatic rings. The van der Waals surface area contributed by atoms with Crippen LogP contribution in [0.2, 0.25) is 0 Å². The van der Waals surface area contributed by atoms with Crippen LogP contribution in [-0.2, 0) is 28.6 Å². The van der Waals surface area contributed by atoms with Crippen LogP contribution in [0, 0.1) is 17.8 Å². The monoisotopic (exact) mass is 905 g/mol. The third-order valence-corrected chi connectivity index (χ3v) is 13.1. The van der Waals surface area contributed by atoms with Crippen molar-refractivity contribution in [2.75, 3.05) is 13.2 Å². The molecular weight excluding hydrogens is 793 g/mol. The van der Waals surface area contributed by atoms with E-state index < -0.39 is 6.10 Å². The van der Waals surface area contributed by atoms with Crippen molar-refractivity contribution in [3.05, 3.63) is 0 Å². The van der Waals surface area contributed by atoms with E-state index >= 15 is 0 Å². The largest absolute Gasteiger partial charge is 0.462 e. The lowest BCUT2D eigenvalue weighted by Crippen LogP contribution is -2.30. The molecule has 0 aromatic carbocycles. The van der Waals surface area contributed by atoms with Gasteiger partial charge in [-0.05, 0) is 37.0 Å². The number of rotatable bonds is 51. The summed E-state index contributed by atoms with van der Waals surface area (Å²) in [5, 5.41) is 0. The molecule has 0 aliphatic heterocycles. The number of ether oxygens (including phenoxy) is 3. The van der Waals surface area contributed by atoms with Gasteiger partial charge in [0.2, 0.25) is 0 Å². The maximum Gasteiger partial charge on any atom is 0.306 e. The van der Waals surface area contributed by atoms with Gasteiger partial charge in [-0.15, -0.1) is 0 Å². The maximum atomic E-state index is 12.8. The van der Waals surface area contributed by atoms with Crippen LogP contribution >= 0.6 is 0 Å². The third kappa shape index (κ3) is 51.4. The fourth-order valence-corrected chi connectivity index (χ4v) is 8.82. The van der Waals surface area contributed by atoms with Gasteiger partial charge in [-0.25, -0.2) is 0 Å². The lowest BCUT2D eigenvalue weighted by atomic mass is 10.0. The van der Waals surface area contributed by atoms with Gasteiger partial charge in [0.15, 0.2) is 6.10 Å². The Morgan fingerprint density at radius 1 is 0.266 bits per heavy atom. The molecule has 0 heterocycles. The molecule has 6 nitrogen and oxygen atoms in total. The SMILES string of the molecule is CC(C)CCCCCCCCCCCCCCCC(=O)OC[C@H](COC(=O)CCCCCCCCCCCCCC(C)C)OC(=O)CCCCCCCCCCCCCCCC(C)C. The molecule has 0 aliphatic carbocycles. The van der Waals surface area contributed by atoms with E-state index in [1.165, 1.54) is 199 Å². The molecule has 0 unspecified atom stereocenters. The lowest BCUT2D eigenvalue weighted by molar-refractivity contribution is -0.167. The second kappa shape index (κ2) is 49.3. The quantitative estimate of drug-likeness (QED) is 0.0344. The topological polar surface area (TPSA) is 78.9 Å². The Hall–Kier alpha value is -1.59. The predicted molar refractivity (Wildman–Crippen MR) is 275 cm³/mol. The van der Waals surface area contributed by atoms with Crippen molar-refractivity contribution in [2.45, 2.75) is 324 Å². The number of esters is 3. The molecule has 380 valence electrons. The van der Waals surface area contributed by atoms with Gasteiger partial charge in [-0.3, -0.25) is 14.4 Å². The molecule has 0 amide bonds. The minimum atomic E-state index is -0.763. The van der Waals surface area contributed by atoms with Crippen LogP contribution < -0.4 is 0 Å². The summed E-state index contributed by atoms with van der Waals surface area (Å²) in [5.41, 5.74) is 0. The smallest absolute Gasteiger partial charge is 0.306 e. The maximum absolute atomic E-state index is 12.8. The molecule has 0 spiro atoms. The van der Waals surface area contributed by atoms with E-state index in [0.717, 1.165) is 75.5 Å². The van der Waals surface area contributed by atoms with Gasteiger partial charge < -0.3 is 14.2 Å². The molecule has 1 atom stereocenters. The van der Waals surface area contributed by atoms with Crippen molar-refractivity contribution >= 4 is 17.9 Å². The predicted octanol–water partition coefficient (Wildman–Crippen LogP) is 18.7. The van der Waals surface area contributed by atoms with E-state index in [0.29, 0.717) is 19.3 Å². The molecule has 0 N–H and O–H groups in total. The Bertz CT molecular complexity index is 991. The minimum absolute atomic E-state index is 0.0636. The number of carbonyl (C=O) groups is 3. The molecule has 0 fully saturated rings. The van der Waals surface area contributed by atoms with E-state index in [1.807, 2.05) is 0 Å². The van der Waals surface area contributed by atoms with Gasteiger partial charge >= 0.3 is 17.9 Å². The van der Waals surface area contributed by atoms with Crippen LogP contribution in [0.15, 0.2) is 0 Å². The summed E-state index contributed by atoms with van der Waals surface area (Å²) in [6, 6.07) is 0. The molecule has 0 radical (unpaired) electrons. The Morgan fingerprint density at radius 3 is 0.672 bits per heavy atom. The molecular formula is C58H112O6. The van der Waals surface area contributed by atoms with Gasteiger partial charge in [0, 0.05) is 19.3 Å². The number of unbranched alkanes of at least 4 members (excludes halogenated alkanes) is 34. The highest BCUT2D eigenvalue weighted by Gasteiger charge is 2.19. The first kappa shape index (κ1) is 62.4. The number of hydrogen-bond donors (Lipinski definition) is 0. The Kier molecular flexibility index (Phi) is 48.1. The van der Waals surface area contributed by atoms with Crippen LogP contribution in [-0.4, -0.2) is 37.2 Å². The average molecular weight is 906 g/mol. The summed E-state index contributed by atoms with van der Waals surface area (Å²) in [6.45, 7) is 13.8. The van der Waals surface area contributed by atoms with Crippen molar-refractivity contribution in [2.24, 2.45) is 17.8 Å². The zero-order valence-corrected chi connectivity index (χ0v) is 44.1. The van der Waals surface area contributed by atoms with Crippen molar-refractivity contribution < 1.29 is 28.6 Å². The summed E-state index contributed by atoms with van der Waals surface area (Å²) in [5.74, 6) is 1.66. The van der Waals surface area contributed by atoms with Crippen molar-refractivity contribution in [3.63, 3.8) is 0 Å². The zero-order valence-electron chi connectivity index (χ0n) is 44.1. The van der Waals surface area contributed by atoms with E-state index in [4.69, 9.17) is 14.2 Å². The Morgan fingerprint density at radius 2 is 0.453 bits per heavy atom. The Labute approximate surface area is 399 Å². The number of carbonyl (C=O) groups excluding carboxylic acids is 3. The van der Waals surface area contributed by atoms with Gasteiger partial charge in [0.25, 0.3) is 0 Å². The van der Waals surface area contributed by atoms with E-state index in [9.17, 15) is 14.4 Å². The lowest BCUT2D eigenvalue weighted by Gasteiger charge is -2.18. The van der Waals surface area contributed by atoms with Gasteiger partial charge in [0.1, 0.15) is 13.2 Å². The van der Waals surface area contributed by atoms with Crippen LogP contribution in [0.3, 0.4) is 0 Å². The zero-order chi connectivity index (χ0) is 47.0. The molecule has 0 aromatic heterocycles. The Balaban J connectivity index is 4.31. The first-order valence-electron chi connectivity index (χ1n) is 28.6. The van der Waals surface area contributed by atoms with E-state index in [2.05, 4.69) is 41.5 Å². The standard InChI is InChI=1S/C58H112O6/c1-52(2)44-38-32-26-20-14-9-7-11-17-23-29-35-41-47-56(59)62-50-55(51-63-57(60)48-42-36-30-24-19-13-16-22-28-34-40-46-54(5)6)64-58(61)49-43-37-31-25-18-12-8-10-15-21-27-33-39-45-53(3)4/h52-55H,7-51H2,1-6H3/t55-/m1/s1. The third-order valence-electron chi connectivity index (χ3n) is 13.1. The second-order valence-corrected chi connectivity index (χ2v) is 21.4. The fourth-order valence-electron chi connectivity index (χ4n) is 8.82. The second-order valence-electron chi connectivity index (χ2n) is 21.4. The summed E-state index contributed by atoms with van der Waals surface area (Å²) in [6.07, 6.45) is 50.9. The van der Waals surface area contributed by atoms with E-state index in [1.54, 1.807) is 0 Å². The van der Waals surface area contributed by atoms with Gasteiger partial charge in [-0.1, -0.05) is 279 Å². The highest BCUT2D eigenvalue weighted by molar-refractivity contribution is 5.71. The molecule has 0 saturated carbocycles. The molecule has 64 heavy (non-hydrogen) atoms. The van der Waals surface area contributed by atoms with Crippen molar-refractivity contribution in [1.82, 2.24) is 0 Å². The molecule has 0 aliphatic rings. The first-order valence-corrected chi connectivity index (χ1v) is 28.6. The minimum Gasteiger partial charge on any atom is -0.462 e. The normalized spacial score (nSPS) is 12.1. The van der Waals surface area contributed by atoms with Crippen LogP contribution in [0.1, 0.15) is 318 Å². The molecule has 6 heteroatoms. The molecule has 0 rings (SSSR count). The number of hydrogen-bond acceptors (Lipinski definition) is 6. The summed E-state index contributed by atoms with van der Waals surface area (Å²) in [4.78, 5) is 38.1. The average Bonchev–Trinajstić information content (AvgIpc) is 3.25. The highest BCUT2D eigenvalue weighted by atomic mass is 16.6.